The highest BCUT2D eigenvalue weighted by atomic mass is 16.6. The van der Waals surface area contributed by atoms with Crippen LogP contribution in [0.2, 0.25) is 0 Å². The summed E-state index contributed by atoms with van der Waals surface area (Å²) in [4.78, 5) is 25.8. The molecule has 11 heteroatoms. The number of non-ortho nitro benzene ring substituents is 1. The molecule has 3 rings (SSSR count). The van der Waals surface area contributed by atoms with E-state index in [-0.39, 0.29) is 18.0 Å². The first kappa shape index (κ1) is 16.9. The molecule has 1 aromatic rings. The third kappa shape index (κ3) is 3.57. The van der Waals surface area contributed by atoms with Crippen LogP contribution in [0.1, 0.15) is 12.5 Å². The van der Waals surface area contributed by atoms with Gasteiger partial charge in [0.25, 0.3) is 5.69 Å². The van der Waals surface area contributed by atoms with Gasteiger partial charge in [-0.1, -0.05) is 6.07 Å². The smallest absolute Gasteiger partial charge is 0.363 e. The zero-order valence-electron chi connectivity index (χ0n) is 13.7. The molecule has 0 radical (unpaired) electrons. The molecule has 0 spiro atoms. The van der Waals surface area contributed by atoms with Crippen molar-refractivity contribution in [2.24, 2.45) is 5.11 Å². The van der Waals surface area contributed by atoms with Crippen molar-refractivity contribution in [1.82, 2.24) is 15.9 Å². The number of hydrazone groups is 1. The van der Waals surface area contributed by atoms with Crippen LogP contribution in [0.25, 0.3) is 0 Å². The number of hydrazine groups is 2. The molecule has 0 aromatic heterocycles. The zero-order valence-corrected chi connectivity index (χ0v) is 13.7. The Morgan fingerprint density at radius 3 is 3.12 bits per heavy atom. The number of nitro benzene ring substituents is 1. The van der Waals surface area contributed by atoms with E-state index < -0.39 is 10.8 Å². The molecule has 1 aromatic carbocycles. The predicted octanol–water partition coefficient (Wildman–Crippen LogP) is 0.211. The molecule has 0 saturated heterocycles. The molecule has 0 atom stereocenters. The van der Waals surface area contributed by atoms with E-state index in [1.54, 1.807) is 19.3 Å². The number of aliphatic hydroxyl groups is 1. The summed E-state index contributed by atoms with van der Waals surface area (Å²) in [5.41, 5.74) is 6.92. The first-order valence-corrected chi connectivity index (χ1v) is 7.50. The van der Waals surface area contributed by atoms with Crippen LogP contribution in [0.3, 0.4) is 0 Å². The Hall–Kier alpha value is -3.98. The van der Waals surface area contributed by atoms with E-state index in [2.05, 4.69) is 20.8 Å². The molecule has 2 aliphatic heterocycles. The molecule has 0 unspecified atom stereocenters. The van der Waals surface area contributed by atoms with Crippen molar-refractivity contribution in [3.05, 3.63) is 63.3 Å². The van der Waals surface area contributed by atoms with E-state index in [0.717, 1.165) is 5.70 Å². The lowest BCUT2D eigenvalue weighted by Gasteiger charge is -2.16. The van der Waals surface area contributed by atoms with Crippen LogP contribution in [-0.2, 0) is 4.79 Å². The Morgan fingerprint density at radius 1 is 1.54 bits per heavy atom. The maximum Gasteiger partial charge on any atom is 0.363 e. The van der Waals surface area contributed by atoms with Gasteiger partial charge in [-0.15, -0.1) is 9.69 Å². The first-order valence-electron chi connectivity index (χ1n) is 7.50. The van der Waals surface area contributed by atoms with Gasteiger partial charge in [-0.05, 0) is 13.0 Å². The molecule has 11 nitrogen and oxygen atoms in total. The number of amides is 1. The number of carbonyl (C=O) groups excluding carboxylic acids is 1. The Kier molecular flexibility index (Phi) is 4.46. The quantitative estimate of drug-likeness (QED) is 0.175. The summed E-state index contributed by atoms with van der Waals surface area (Å²) >= 11 is 0. The summed E-state index contributed by atoms with van der Waals surface area (Å²) in [7, 11) is 0. The van der Waals surface area contributed by atoms with Gasteiger partial charge in [-0.2, -0.15) is 5.43 Å². The highest BCUT2D eigenvalue weighted by Crippen LogP contribution is 2.16. The number of fused-ring (bicyclic) bond motifs is 1. The summed E-state index contributed by atoms with van der Waals surface area (Å²) in [6.07, 6.45) is 4.33. The second-order valence-corrected chi connectivity index (χ2v) is 5.45. The topological polar surface area (TPSA) is 137 Å². The maximum atomic E-state index is 12.0. The standard InChI is InChI=1S/C15H13N7O4/c1-10-5-13(23)15-20(17-9-21(15)19-10)8-14(24)18-16-7-11-3-2-4-12(6-11)22(25)26/h2-7,9,19H,8H2,1H3/p+2. The SMILES string of the molecule is CC1=CC(O)=C2N(CC(=O)N=[N+]=Cc3cccc([N+](=O)[O-])c3)NC=[N+]2N1. The fourth-order valence-corrected chi connectivity index (χ4v) is 2.38. The number of nitrogens with zero attached hydrogens (tertiary/aromatic N) is 5. The first-order chi connectivity index (χ1) is 12.4. The van der Waals surface area contributed by atoms with Crippen LogP contribution in [0, 0.1) is 10.1 Å². The van der Waals surface area contributed by atoms with Gasteiger partial charge < -0.3 is 5.11 Å². The van der Waals surface area contributed by atoms with E-state index in [0.29, 0.717) is 11.4 Å². The van der Waals surface area contributed by atoms with Crippen molar-refractivity contribution in [1.29, 1.82) is 0 Å². The van der Waals surface area contributed by atoms with E-state index in [9.17, 15) is 20.0 Å². The lowest BCUT2D eigenvalue weighted by Crippen LogP contribution is -2.38. The van der Waals surface area contributed by atoms with Crippen molar-refractivity contribution < 1.29 is 24.3 Å². The van der Waals surface area contributed by atoms with Gasteiger partial charge in [-0.25, -0.2) is 5.43 Å². The lowest BCUT2D eigenvalue weighted by atomic mass is 10.2. The molecule has 0 fully saturated rings. The summed E-state index contributed by atoms with van der Waals surface area (Å²) in [6, 6.07) is 5.80. The third-order valence-electron chi connectivity index (χ3n) is 3.46. The van der Waals surface area contributed by atoms with Crippen LogP contribution in [0.4, 0.5) is 5.69 Å². The molecule has 3 N–H and O–H groups in total. The van der Waals surface area contributed by atoms with Crippen molar-refractivity contribution >= 4 is 24.1 Å². The molecule has 26 heavy (non-hydrogen) atoms. The number of aliphatic hydroxyl groups excluding tert-OH is 1. The number of nitro groups is 1. The molecule has 1 amide bonds. The average Bonchev–Trinajstić information content (AvgIpc) is 2.97. The number of benzene rings is 1. The lowest BCUT2D eigenvalue weighted by molar-refractivity contribution is -0.537. The Labute approximate surface area is 147 Å². The number of carbonyl (C=O) groups is 1. The van der Waals surface area contributed by atoms with Gasteiger partial charge in [0.1, 0.15) is 0 Å². The van der Waals surface area contributed by atoms with Gasteiger partial charge in [0.05, 0.1) is 15.3 Å². The van der Waals surface area contributed by atoms with Gasteiger partial charge in [0, 0.05) is 23.9 Å². The molecular weight excluding hydrogens is 342 g/mol. The molecule has 2 aliphatic rings. The minimum absolute atomic E-state index is 0.00426. The van der Waals surface area contributed by atoms with Crippen LogP contribution in [0.15, 0.2) is 52.7 Å². The summed E-state index contributed by atoms with van der Waals surface area (Å²) in [6.45, 7) is 1.61. The molecule has 0 aliphatic carbocycles. The fourth-order valence-electron chi connectivity index (χ4n) is 2.38. The van der Waals surface area contributed by atoms with Crippen molar-refractivity contribution in [2.45, 2.75) is 6.92 Å². The highest BCUT2D eigenvalue weighted by Gasteiger charge is 2.36. The second-order valence-electron chi connectivity index (χ2n) is 5.45. The van der Waals surface area contributed by atoms with Gasteiger partial charge >= 0.3 is 17.9 Å². The average molecular weight is 357 g/mol. The molecule has 132 valence electrons. The normalized spacial score (nSPS) is 15.0. The zero-order chi connectivity index (χ0) is 18.7. The van der Waals surface area contributed by atoms with Crippen molar-refractivity contribution in [2.75, 3.05) is 6.54 Å². The van der Waals surface area contributed by atoms with Gasteiger partial charge in [-0.3, -0.25) is 14.9 Å². The number of rotatable bonds is 4. The van der Waals surface area contributed by atoms with Crippen LogP contribution in [0.5, 0.6) is 0 Å². The second kappa shape index (κ2) is 6.87. The molecular formula is C15H15N7O4+2. The van der Waals surface area contributed by atoms with Crippen LogP contribution < -0.4 is 10.9 Å². The fraction of sp³-hybridized carbons (Fsp3) is 0.133. The molecule has 0 saturated carbocycles. The van der Waals surface area contributed by atoms with E-state index >= 15 is 0 Å². The van der Waals surface area contributed by atoms with Gasteiger partial charge in [0.2, 0.25) is 6.34 Å². The van der Waals surface area contributed by atoms with E-state index in [4.69, 9.17) is 0 Å². The molecule has 0 bridgehead atoms. The minimum Gasteiger partial charge on any atom is -0.502 e. The van der Waals surface area contributed by atoms with Crippen molar-refractivity contribution in [3.8, 4) is 0 Å². The number of hydrogen-bond acceptors (Lipinski definition) is 7. The molecule has 2 heterocycles. The van der Waals surface area contributed by atoms with E-state index in [1.165, 1.54) is 40.2 Å². The van der Waals surface area contributed by atoms with Gasteiger partial charge in [0.15, 0.2) is 17.4 Å². The summed E-state index contributed by atoms with van der Waals surface area (Å²) in [5, 5.41) is 25.7. The summed E-state index contributed by atoms with van der Waals surface area (Å²) < 4.78 is 1.53. The Balaban J connectivity index is 1.68. The minimum atomic E-state index is -0.569. The van der Waals surface area contributed by atoms with Crippen LogP contribution in [-0.4, -0.2) is 49.5 Å². The van der Waals surface area contributed by atoms with Crippen molar-refractivity contribution in [3.63, 3.8) is 0 Å². The Bertz CT molecular complexity index is 941. The largest absolute Gasteiger partial charge is 0.502 e. The highest BCUT2D eigenvalue weighted by molar-refractivity contribution is 5.79. The van der Waals surface area contributed by atoms with E-state index in [1.807, 2.05) is 0 Å². The predicted molar refractivity (Wildman–Crippen MR) is 88.7 cm³/mol. The third-order valence-corrected chi connectivity index (χ3v) is 3.46. The maximum absolute atomic E-state index is 12.0. The van der Waals surface area contributed by atoms with Crippen LogP contribution >= 0.6 is 0 Å². The number of hydrogen-bond donors (Lipinski definition) is 3. The number of allylic oxidation sites excluding steroid dienone is 2. The summed E-state index contributed by atoms with van der Waals surface area (Å²) in [5.74, 6) is -0.210. The Morgan fingerprint density at radius 2 is 2.35 bits per heavy atom. The monoisotopic (exact) mass is 357 g/mol. The number of nitrogens with one attached hydrogen (secondary N) is 2.